The molecule has 0 fully saturated rings. The first-order chi connectivity index (χ1) is 12.9. The maximum atomic E-state index is 13.1. The number of hydrogen-bond donors (Lipinski definition) is 2. The van der Waals surface area contributed by atoms with Crippen LogP contribution in [0.15, 0.2) is 58.5 Å². The Kier molecular flexibility index (Phi) is 5.27. The van der Waals surface area contributed by atoms with Crippen molar-refractivity contribution in [1.82, 2.24) is 14.9 Å². The smallest absolute Gasteiger partial charge is 0.318 e. The van der Waals surface area contributed by atoms with Crippen LogP contribution >= 0.6 is 11.8 Å². The van der Waals surface area contributed by atoms with E-state index in [1.165, 1.54) is 4.57 Å². The number of benzene rings is 2. The second-order valence-corrected chi connectivity index (χ2v) is 7.31. The molecule has 0 aliphatic rings. The van der Waals surface area contributed by atoms with Gasteiger partial charge >= 0.3 is 6.03 Å². The highest BCUT2D eigenvalue weighted by Gasteiger charge is 2.21. The third-order valence-electron chi connectivity index (χ3n) is 3.93. The van der Waals surface area contributed by atoms with Gasteiger partial charge in [-0.25, -0.2) is 9.78 Å². The molecule has 0 spiro atoms. The fourth-order valence-corrected chi connectivity index (χ4v) is 3.47. The number of hydrogen-bond acceptors (Lipinski definition) is 5. The molecule has 1 unspecified atom stereocenters. The Labute approximate surface area is 159 Å². The Morgan fingerprint density at radius 3 is 2.48 bits per heavy atom. The van der Waals surface area contributed by atoms with Crippen LogP contribution in [0, 0.1) is 6.92 Å². The summed E-state index contributed by atoms with van der Waals surface area (Å²) in [5.41, 5.74) is 7.02. The summed E-state index contributed by atoms with van der Waals surface area (Å²) in [4.78, 5) is 40.6. The topological polar surface area (TPSA) is 107 Å². The lowest BCUT2D eigenvalue weighted by Gasteiger charge is -2.16. The van der Waals surface area contributed by atoms with Gasteiger partial charge in [0.1, 0.15) is 0 Å². The number of aryl methyl sites for hydroxylation is 1. The number of primary amides is 1. The third-order valence-corrected chi connectivity index (χ3v) is 4.99. The van der Waals surface area contributed by atoms with Crippen molar-refractivity contribution >= 4 is 34.6 Å². The van der Waals surface area contributed by atoms with Crippen LogP contribution in [-0.2, 0) is 4.79 Å². The minimum atomic E-state index is -0.921. The van der Waals surface area contributed by atoms with Gasteiger partial charge in [0.15, 0.2) is 5.16 Å². The average Bonchev–Trinajstić information content (AvgIpc) is 2.62. The highest BCUT2D eigenvalue weighted by molar-refractivity contribution is 8.00. The molecule has 1 aromatic heterocycles. The van der Waals surface area contributed by atoms with Gasteiger partial charge in [-0.05, 0) is 38.1 Å². The number of urea groups is 1. The van der Waals surface area contributed by atoms with Crippen molar-refractivity contribution in [2.75, 3.05) is 0 Å². The van der Waals surface area contributed by atoms with Crippen LogP contribution < -0.4 is 16.6 Å². The Bertz CT molecular complexity index is 1080. The molecule has 3 rings (SSSR count). The first-order valence-electron chi connectivity index (χ1n) is 8.22. The lowest BCUT2D eigenvalue weighted by atomic mass is 10.2. The molecule has 8 heteroatoms. The minimum absolute atomic E-state index is 0.227. The molecule has 1 heterocycles. The second kappa shape index (κ2) is 7.63. The Balaban J connectivity index is 2.13. The molecule has 0 radical (unpaired) electrons. The minimum Gasteiger partial charge on any atom is -0.351 e. The Morgan fingerprint density at radius 1 is 1.15 bits per heavy atom. The standard InChI is InChI=1S/C19H18N4O3S/c1-11-7-9-13(10-8-11)23-17(25)14-5-3-4-6-15(14)21-19(23)27-12(2)16(24)22-18(20)26/h3-10,12H,1-2H3,(H3,20,22,24,26). The molecule has 0 bridgehead atoms. The average molecular weight is 382 g/mol. The second-order valence-electron chi connectivity index (χ2n) is 6.00. The van der Waals surface area contributed by atoms with E-state index in [4.69, 9.17) is 5.73 Å². The van der Waals surface area contributed by atoms with Gasteiger partial charge < -0.3 is 5.73 Å². The number of thioether (sulfide) groups is 1. The van der Waals surface area contributed by atoms with E-state index in [1.807, 2.05) is 36.5 Å². The van der Waals surface area contributed by atoms with Crippen molar-refractivity contribution in [3.8, 4) is 5.69 Å². The summed E-state index contributed by atoms with van der Waals surface area (Å²) in [5.74, 6) is -0.551. The van der Waals surface area contributed by atoms with E-state index < -0.39 is 17.2 Å². The number of imide groups is 1. The SMILES string of the molecule is Cc1ccc(-n2c(SC(C)C(=O)NC(N)=O)nc3ccccc3c2=O)cc1. The molecule has 0 saturated carbocycles. The molecule has 138 valence electrons. The van der Waals surface area contributed by atoms with Crippen molar-refractivity contribution < 1.29 is 9.59 Å². The van der Waals surface area contributed by atoms with E-state index in [0.717, 1.165) is 17.3 Å². The van der Waals surface area contributed by atoms with Crippen LogP contribution in [0.2, 0.25) is 0 Å². The largest absolute Gasteiger partial charge is 0.351 e. The van der Waals surface area contributed by atoms with Crippen molar-refractivity contribution in [2.24, 2.45) is 5.73 Å². The number of amides is 3. The maximum absolute atomic E-state index is 13.1. The number of nitrogens with one attached hydrogen (secondary N) is 1. The summed E-state index contributed by atoms with van der Waals surface area (Å²) in [6.45, 7) is 3.57. The number of carbonyl (C=O) groups excluding carboxylic acids is 2. The highest BCUT2D eigenvalue weighted by Crippen LogP contribution is 2.25. The quantitative estimate of drug-likeness (QED) is 0.532. The van der Waals surface area contributed by atoms with Gasteiger partial charge in [-0.15, -0.1) is 0 Å². The van der Waals surface area contributed by atoms with Crippen LogP contribution in [0.4, 0.5) is 4.79 Å². The fourth-order valence-electron chi connectivity index (χ4n) is 2.55. The van der Waals surface area contributed by atoms with Crippen LogP contribution in [0.5, 0.6) is 0 Å². The summed E-state index contributed by atoms with van der Waals surface area (Å²) in [5, 5.41) is 2.21. The number of para-hydroxylation sites is 1. The number of nitrogens with zero attached hydrogens (tertiary/aromatic N) is 2. The van der Waals surface area contributed by atoms with E-state index in [-0.39, 0.29) is 5.56 Å². The van der Waals surface area contributed by atoms with E-state index in [0.29, 0.717) is 21.7 Å². The fraction of sp³-hybridized carbons (Fsp3) is 0.158. The molecule has 1 atom stereocenters. The van der Waals surface area contributed by atoms with E-state index in [1.54, 1.807) is 31.2 Å². The first kappa shape index (κ1) is 18.7. The van der Waals surface area contributed by atoms with Crippen molar-refractivity contribution in [2.45, 2.75) is 24.3 Å². The molecule has 0 aliphatic carbocycles. The first-order valence-corrected chi connectivity index (χ1v) is 9.10. The monoisotopic (exact) mass is 382 g/mol. The van der Waals surface area contributed by atoms with Gasteiger partial charge in [-0.3, -0.25) is 19.5 Å². The van der Waals surface area contributed by atoms with E-state index >= 15 is 0 Å². The Morgan fingerprint density at radius 2 is 1.81 bits per heavy atom. The summed E-state index contributed by atoms with van der Waals surface area (Å²) in [6, 6.07) is 13.6. The van der Waals surface area contributed by atoms with Gasteiger partial charge in [0, 0.05) is 0 Å². The molecular formula is C19H18N4O3S. The molecule has 2 aromatic carbocycles. The van der Waals surface area contributed by atoms with Crippen LogP contribution in [0.1, 0.15) is 12.5 Å². The molecular weight excluding hydrogens is 364 g/mol. The lowest BCUT2D eigenvalue weighted by molar-refractivity contribution is -0.119. The molecule has 3 amide bonds. The normalized spacial score (nSPS) is 11.9. The number of fused-ring (bicyclic) bond motifs is 1. The predicted octanol–water partition coefficient (Wildman–Crippen LogP) is 2.37. The third kappa shape index (κ3) is 4.01. The molecule has 3 aromatic rings. The van der Waals surface area contributed by atoms with Gasteiger partial charge in [-0.1, -0.05) is 41.6 Å². The summed E-state index contributed by atoms with van der Waals surface area (Å²) >= 11 is 1.08. The number of rotatable bonds is 4. The number of carbonyl (C=O) groups is 2. The van der Waals surface area contributed by atoms with E-state index in [9.17, 15) is 14.4 Å². The van der Waals surface area contributed by atoms with Gasteiger partial charge in [-0.2, -0.15) is 0 Å². The highest BCUT2D eigenvalue weighted by atomic mass is 32.2. The number of aromatic nitrogens is 2. The predicted molar refractivity (Wildman–Crippen MR) is 105 cm³/mol. The van der Waals surface area contributed by atoms with Crippen molar-refractivity contribution in [3.63, 3.8) is 0 Å². The van der Waals surface area contributed by atoms with Crippen LogP contribution in [-0.4, -0.2) is 26.7 Å². The van der Waals surface area contributed by atoms with Crippen LogP contribution in [0.3, 0.4) is 0 Å². The van der Waals surface area contributed by atoms with Gasteiger partial charge in [0.05, 0.1) is 21.8 Å². The number of nitrogens with two attached hydrogens (primary N) is 1. The zero-order chi connectivity index (χ0) is 19.6. The van der Waals surface area contributed by atoms with E-state index in [2.05, 4.69) is 4.98 Å². The Hall–Kier alpha value is -3.13. The van der Waals surface area contributed by atoms with Crippen LogP contribution in [0.25, 0.3) is 16.6 Å². The zero-order valence-electron chi connectivity index (χ0n) is 14.8. The van der Waals surface area contributed by atoms with Crippen molar-refractivity contribution in [3.05, 3.63) is 64.4 Å². The summed E-state index contributed by atoms with van der Waals surface area (Å²) in [7, 11) is 0. The van der Waals surface area contributed by atoms with Gasteiger partial charge in [0.25, 0.3) is 5.56 Å². The molecule has 3 N–H and O–H groups in total. The lowest BCUT2D eigenvalue weighted by Crippen LogP contribution is -2.39. The molecule has 27 heavy (non-hydrogen) atoms. The maximum Gasteiger partial charge on any atom is 0.318 e. The molecule has 0 saturated heterocycles. The van der Waals surface area contributed by atoms with Crippen molar-refractivity contribution in [1.29, 1.82) is 0 Å². The summed E-state index contributed by atoms with van der Waals surface area (Å²) < 4.78 is 1.47. The molecule has 0 aliphatic heterocycles. The summed E-state index contributed by atoms with van der Waals surface area (Å²) in [6.07, 6.45) is 0. The zero-order valence-corrected chi connectivity index (χ0v) is 15.6. The van der Waals surface area contributed by atoms with Gasteiger partial charge in [0.2, 0.25) is 5.91 Å². The molecule has 7 nitrogen and oxygen atoms in total.